The summed E-state index contributed by atoms with van der Waals surface area (Å²) in [6, 6.07) is 7.74. The quantitative estimate of drug-likeness (QED) is 0.879. The van der Waals surface area contributed by atoms with Crippen molar-refractivity contribution in [3.8, 4) is 5.75 Å². The molecule has 1 atom stereocenters. The van der Waals surface area contributed by atoms with Gasteiger partial charge in [0.15, 0.2) is 0 Å². The third kappa shape index (κ3) is 4.47. The molecule has 1 unspecified atom stereocenters. The van der Waals surface area contributed by atoms with Crippen molar-refractivity contribution in [2.45, 2.75) is 58.6 Å². The minimum Gasteiger partial charge on any atom is -0.491 e. The predicted octanol–water partition coefficient (Wildman–Crippen LogP) is 2.70. The first-order chi connectivity index (χ1) is 11.2. The smallest absolute Gasteiger partial charge is 0.437 e. The number of aliphatic hydroxyl groups excluding tert-OH is 1. The Bertz CT molecular complexity index is 725. The maximum atomic E-state index is 11.8. The van der Waals surface area contributed by atoms with Gasteiger partial charge >= 0.3 is 5.76 Å². The van der Waals surface area contributed by atoms with E-state index in [1.165, 1.54) is 0 Å². The molecule has 0 saturated carbocycles. The lowest BCUT2D eigenvalue weighted by Gasteiger charge is -2.16. The second-order valence-corrected chi connectivity index (χ2v) is 7.26. The lowest BCUT2D eigenvalue weighted by Crippen LogP contribution is -2.29. The summed E-state index contributed by atoms with van der Waals surface area (Å²) >= 11 is 0. The number of hydrogen-bond acceptors (Lipinski definition) is 5. The minimum absolute atomic E-state index is 0.0300. The summed E-state index contributed by atoms with van der Waals surface area (Å²) in [5, 5.41) is 14.3. The highest BCUT2D eigenvalue weighted by molar-refractivity contribution is 5.35. The van der Waals surface area contributed by atoms with Crippen LogP contribution in [0.15, 0.2) is 33.5 Å². The van der Waals surface area contributed by atoms with Crippen LogP contribution in [0.25, 0.3) is 0 Å². The molecule has 1 aromatic carbocycles. The maximum absolute atomic E-state index is 11.8. The van der Waals surface area contributed by atoms with Gasteiger partial charge in [0.25, 0.3) is 0 Å². The minimum atomic E-state index is -0.860. The van der Waals surface area contributed by atoms with Crippen molar-refractivity contribution < 1.29 is 14.3 Å². The molecule has 0 bridgehead atoms. The van der Waals surface area contributed by atoms with Gasteiger partial charge in [0.2, 0.25) is 5.89 Å². The molecule has 0 amide bonds. The summed E-state index contributed by atoms with van der Waals surface area (Å²) in [6.07, 6.45) is -0.860. The molecule has 6 heteroatoms. The second kappa shape index (κ2) is 7.21. The van der Waals surface area contributed by atoms with Gasteiger partial charge in [0, 0.05) is 5.41 Å². The van der Waals surface area contributed by atoms with Gasteiger partial charge in [-0.1, -0.05) is 52.8 Å². The van der Waals surface area contributed by atoms with Crippen LogP contribution in [0.1, 0.15) is 52.0 Å². The Labute approximate surface area is 142 Å². The first kappa shape index (κ1) is 18.3. The van der Waals surface area contributed by atoms with Gasteiger partial charge < -0.3 is 14.3 Å². The Morgan fingerprint density at radius 1 is 1.29 bits per heavy atom. The Morgan fingerprint density at radius 2 is 1.96 bits per heavy atom. The van der Waals surface area contributed by atoms with E-state index in [0.717, 1.165) is 16.0 Å². The summed E-state index contributed by atoms with van der Waals surface area (Å²) in [5.74, 6) is 0.854. The molecule has 2 rings (SSSR count). The molecule has 0 radical (unpaired) electrons. The molecule has 0 spiro atoms. The molecular formula is C18H26N2O4. The highest BCUT2D eigenvalue weighted by Crippen LogP contribution is 2.26. The van der Waals surface area contributed by atoms with E-state index in [4.69, 9.17) is 9.15 Å². The van der Waals surface area contributed by atoms with Gasteiger partial charge in [-0.2, -0.15) is 4.68 Å². The fourth-order valence-corrected chi connectivity index (χ4v) is 2.25. The van der Waals surface area contributed by atoms with E-state index >= 15 is 0 Å². The van der Waals surface area contributed by atoms with E-state index in [1.54, 1.807) is 0 Å². The molecule has 0 aliphatic carbocycles. The highest BCUT2D eigenvalue weighted by Gasteiger charge is 2.23. The molecular weight excluding hydrogens is 308 g/mol. The molecule has 0 aliphatic heterocycles. The van der Waals surface area contributed by atoms with Crippen molar-refractivity contribution in [2.24, 2.45) is 0 Å². The van der Waals surface area contributed by atoms with Crippen molar-refractivity contribution >= 4 is 0 Å². The molecule has 1 heterocycles. The molecule has 24 heavy (non-hydrogen) atoms. The van der Waals surface area contributed by atoms with Crippen molar-refractivity contribution in [2.75, 3.05) is 6.61 Å². The number of hydrogen-bond donors (Lipinski definition) is 1. The number of benzene rings is 1. The van der Waals surface area contributed by atoms with Crippen LogP contribution in [0.2, 0.25) is 0 Å². The lowest BCUT2D eigenvalue weighted by molar-refractivity contribution is 0.0869. The van der Waals surface area contributed by atoms with Crippen molar-refractivity contribution in [3.63, 3.8) is 0 Å². The largest absolute Gasteiger partial charge is 0.491 e. The monoisotopic (exact) mass is 334 g/mol. The van der Waals surface area contributed by atoms with Crippen LogP contribution in [0.3, 0.4) is 0 Å². The zero-order valence-electron chi connectivity index (χ0n) is 14.9. The van der Waals surface area contributed by atoms with E-state index in [1.807, 2.05) is 45.0 Å². The molecule has 1 N–H and O–H groups in total. The number of nitrogens with zero attached hydrogens (tertiary/aromatic N) is 2. The Balaban J connectivity index is 2.01. The average Bonchev–Trinajstić information content (AvgIpc) is 2.86. The molecule has 2 aromatic rings. The normalized spacial score (nSPS) is 13.3. The highest BCUT2D eigenvalue weighted by atomic mass is 16.5. The zero-order valence-corrected chi connectivity index (χ0v) is 14.9. The summed E-state index contributed by atoms with van der Waals surface area (Å²) in [7, 11) is 0. The Hall–Kier alpha value is -2.08. The Kier molecular flexibility index (Phi) is 5.49. The van der Waals surface area contributed by atoms with E-state index < -0.39 is 11.9 Å². The van der Waals surface area contributed by atoms with Gasteiger partial charge in [-0.3, -0.25) is 0 Å². The third-order valence-electron chi connectivity index (χ3n) is 3.60. The lowest BCUT2D eigenvalue weighted by atomic mass is 9.97. The summed E-state index contributed by atoms with van der Waals surface area (Å²) in [6.45, 7) is 10.0. The van der Waals surface area contributed by atoms with Gasteiger partial charge in [0.05, 0.1) is 6.54 Å². The molecule has 0 fully saturated rings. The van der Waals surface area contributed by atoms with Gasteiger partial charge in [-0.05, 0) is 17.5 Å². The number of para-hydroxylation sites is 1. The van der Waals surface area contributed by atoms with Crippen LogP contribution in [0.5, 0.6) is 5.75 Å². The molecule has 132 valence electrons. The zero-order chi connectivity index (χ0) is 17.9. The van der Waals surface area contributed by atoms with Crippen LogP contribution in [-0.4, -0.2) is 27.6 Å². The van der Waals surface area contributed by atoms with Crippen molar-refractivity contribution in [3.05, 3.63) is 46.3 Å². The SMILES string of the molecule is CC(C)c1ccccc1OCC(O)Cn1nc(C(C)(C)C)oc1=O. The average molecular weight is 334 g/mol. The van der Waals surface area contributed by atoms with Gasteiger partial charge in [0.1, 0.15) is 18.5 Å². The maximum Gasteiger partial charge on any atom is 0.437 e. The summed E-state index contributed by atoms with van der Waals surface area (Å²) in [4.78, 5) is 11.8. The number of ether oxygens (including phenoxy) is 1. The van der Waals surface area contributed by atoms with Gasteiger partial charge in [-0.15, -0.1) is 5.10 Å². The summed E-state index contributed by atoms with van der Waals surface area (Å²) < 4.78 is 12.0. The standard InChI is InChI=1S/C18H26N2O4/c1-12(2)14-8-6-7-9-15(14)23-11-13(21)10-20-17(22)24-16(19-20)18(3,4)5/h6-9,12-13,21H,10-11H2,1-5H3. The molecule has 6 nitrogen and oxygen atoms in total. The van der Waals surface area contributed by atoms with E-state index in [-0.39, 0.29) is 18.6 Å². The fourth-order valence-electron chi connectivity index (χ4n) is 2.25. The number of rotatable bonds is 6. The topological polar surface area (TPSA) is 77.5 Å². The first-order valence-corrected chi connectivity index (χ1v) is 8.16. The van der Waals surface area contributed by atoms with Crippen LogP contribution >= 0.6 is 0 Å². The van der Waals surface area contributed by atoms with Crippen LogP contribution in [-0.2, 0) is 12.0 Å². The number of aliphatic hydroxyl groups is 1. The van der Waals surface area contributed by atoms with Crippen LogP contribution in [0.4, 0.5) is 0 Å². The van der Waals surface area contributed by atoms with Crippen LogP contribution < -0.4 is 10.5 Å². The summed E-state index contributed by atoms with van der Waals surface area (Å²) in [5.41, 5.74) is 0.723. The predicted molar refractivity (Wildman–Crippen MR) is 91.5 cm³/mol. The van der Waals surface area contributed by atoms with Gasteiger partial charge in [-0.25, -0.2) is 4.79 Å². The number of aromatic nitrogens is 2. The van der Waals surface area contributed by atoms with E-state index in [9.17, 15) is 9.90 Å². The third-order valence-corrected chi connectivity index (χ3v) is 3.60. The van der Waals surface area contributed by atoms with E-state index in [0.29, 0.717) is 11.8 Å². The molecule has 0 saturated heterocycles. The Morgan fingerprint density at radius 3 is 2.54 bits per heavy atom. The fraction of sp³-hybridized carbons (Fsp3) is 0.556. The van der Waals surface area contributed by atoms with E-state index in [2.05, 4.69) is 18.9 Å². The van der Waals surface area contributed by atoms with Crippen molar-refractivity contribution in [1.82, 2.24) is 9.78 Å². The van der Waals surface area contributed by atoms with Crippen molar-refractivity contribution in [1.29, 1.82) is 0 Å². The van der Waals surface area contributed by atoms with Crippen LogP contribution in [0, 0.1) is 0 Å². The first-order valence-electron chi connectivity index (χ1n) is 8.16. The second-order valence-electron chi connectivity index (χ2n) is 7.26. The molecule has 0 aliphatic rings. The molecule has 1 aromatic heterocycles.